The fraction of sp³-hybridized carbons (Fsp3) is 0.625. The first-order valence-electron chi connectivity index (χ1n) is 4.46. The van der Waals surface area contributed by atoms with E-state index in [-0.39, 0.29) is 0 Å². The van der Waals surface area contributed by atoms with Gasteiger partial charge in [0.1, 0.15) is 4.60 Å². The first-order valence-corrected chi connectivity index (χ1v) is 5.26. The molecule has 0 N–H and O–H groups in total. The van der Waals surface area contributed by atoms with Crippen LogP contribution in [0.15, 0.2) is 10.8 Å². The molecule has 4 nitrogen and oxygen atoms in total. The van der Waals surface area contributed by atoms with E-state index in [1.165, 1.54) is 19.3 Å². The molecule has 0 spiro atoms. The van der Waals surface area contributed by atoms with Gasteiger partial charge in [0.2, 0.25) is 5.95 Å². The molecule has 0 amide bonds. The lowest BCUT2D eigenvalue weighted by Crippen LogP contribution is -2.31. The summed E-state index contributed by atoms with van der Waals surface area (Å²) in [5, 5.41) is 7.94. The van der Waals surface area contributed by atoms with E-state index in [0.717, 1.165) is 19.0 Å². The SMILES string of the molecule is Brc1cnc(N2CCCCC2)nn1. The summed E-state index contributed by atoms with van der Waals surface area (Å²) in [6.07, 6.45) is 5.48. The molecule has 0 saturated carbocycles. The maximum absolute atomic E-state index is 4.21. The van der Waals surface area contributed by atoms with Gasteiger partial charge in [-0.2, -0.15) is 0 Å². The second kappa shape index (κ2) is 4.00. The van der Waals surface area contributed by atoms with E-state index in [9.17, 15) is 0 Å². The lowest BCUT2D eigenvalue weighted by Gasteiger charge is -2.25. The number of anilines is 1. The van der Waals surface area contributed by atoms with E-state index in [1.54, 1.807) is 6.20 Å². The quantitative estimate of drug-likeness (QED) is 0.751. The van der Waals surface area contributed by atoms with E-state index in [1.807, 2.05) is 0 Å². The molecule has 70 valence electrons. The maximum atomic E-state index is 4.21. The zero-order valence-corrected chi connectivity index (χ0v) is 8.87. The molecule has 0 atom stereocenters. The minimum atomic E-state index is 0.688. The molecule has 0 aliphatic carbocycles. The highest BCUT2D eigenvalue weighted by molar-refractivity contribution is 9.10. The normalized spacial score (nSPS) is 17.5. The lowest BCUT2D eigenvalue weighted by molar-refractivity contribution is 0.564. The maximum Gasteiger partial charge on any atom is 0.245 e. The van der Waals surface area contributed by atoms with Crippen LogP contribution >= 0.6 is 15.9 Å². The largest absolute Gasteiger partial charge is 0.340 e. The van der Waals surface area contributed by atoms with Gasteiger partial charge in [-0.15, -0.1) is 10.2 Å². The molecule has 2 rings (SSSR count). The Morgan fingerprint density at radius 1 is 1.15 bits per heavy atom. The van der Waals surface area contributed by atoms with Crippen LogP contribution in [0.2, 0.25) is 0 Å². The van der Waals surface area contributed by atoms with Crippen LogP contribution in [0.25, 0.3) is 0 Å². The molecule has 1 fully saturated rings. The summed E-state index contributed by atoms with van der Waals surface area (Å²) in [6.45, 7) is 2.12. The van der Waals surface area contributed by atoms with Gasteiger partial charge < -0.3 is 4.90 Å². The van der Waals surface area contributed by atoms with Crippen LogP contribution in [-0.2, 0) is 0 Å². The summed E-state index contributed by atoms with van der Waals surface area (Å²) < 4.78 is 0.688. The Morgan fingerprint density at radius 3 is 2.54 bits per heavy atom. The van der Waals surface area contributed by atoms with Crippen molar-refractivity contribution in [3.05, 3.63) is 10.8 Å². The Bertz CT molecular complexity index is 268. The third kappa shape index (κ3) is 2.15. The van der Waals surface area contributed by atoms with E-state index >= 15 is 0 Å². The highest BCUT2D eigenvalue weighted by Crippen LogP contribution is 2.14. The molecule has 1 saturated heterocycles. The Labute approximate surface area is 85.5 Å². The van der Waals surface area contributed by atoms with E-state index < -0.39 is 0 Å². The van der Waals surface area contributed by atoms with Gasteiger partial charge in [-0.1, -0.05) is 0 Å². The molecule has 0 aromatic carbocycles. The standard InChI is InChI=1S/C8H11BrN4/c9-7-6-10-8(12-11-7)13-4-2-1-3-5-13/h6H,1-5H2. The van der Waals surface area contributed by atoms with Crippen LogP contribution in [-0.4, -0.2) is 28.3 Å². The third-order valence-electron chi connectivity index (χ3n) is 2.16. The van der Waals surface area contributed by atoms with Gasteiger partial charge in [0.25, 0.3) is 0 Å². The van der Waals surface area contributed by atoms with Crippen molar-refractivity contribution in [1.82, 2.24) is 15.2 Å². The monoisotopic (exact) mass is 242 g/mol. The predicted octanol–water partition coefficient (Wildman–Crippen LogP) is 1.62. The molecular formula is C8H11BrN4. The van der Waals surface area contributed by atoms with Crippen molar-refractivity contribution in [2.24, 2.45) is 0 Å². The highest BCUT2D eigenvalue weighted by atomic mass is 79.9. The molecule has 0 bridgehead atoms. The van der Waals surface area contributed by atoms with Gasteiger partial charge >= 0.3 is 0 Å². The highest BCUT2D eigenvalue weighted by Gasteiger charge is 2.12. The van der Waals surface area contributed by atoms with Crippen LogP contribution in [0.3, 0.4) is 0 Å². The topological polar surface area (TPSA) is 41.9 Å². The Balaban J connectivity index is 2.10. The fourth-order valence-electron chi connectivity index (χ4n) is 1.49. The minimum Gasteiger partial charge on any atom is -0.340 e. The van der Waals surface area contributed by atoms with Gasteiger partial charge in [-0.3, -0.25) is 0 Å². The number of nitrogens with zero attached hydrogens (tertiary/aromatic N) is 4. The Morgan fingerprint density at radius 2 is 1.92 bits per heavy atom. The Kier molecular flexibility index (Phi) is 2.73. The molecule has 2 heterocycles. The second-order valence-corrected chi connectivity index (χ2v) is 3.94. The molecule has 1 aromatic rings. The number of halogens is 1. The summed E-state index contributed by atoms with van der Waals surface area (Å²) >= 11 is 3.21. The van der Waals surface area contributed by atoms with Crippen LogP contribution in [0.1, 0.15) is 19.3 Å². The first-order chi connectivity index (χ1) is 6.36. The molecule has 5 heteroatoms. The fourth-order valence-corrected chi connectivity index (χ4v) is 1.68. The second-order valence-electron chi connectivity index (χ2n) is 3.13. The smallest absolute Gasteiger partial charge is 0.245 e. The summed E-state index contributed by atoms with van der Waals surface area (Å²) in [7, 11) is 0. The van der Waals surface area contributed by atoms with Gasteiger partial charge in [-0.05, 0) is 35.2 Å². The van der Waals surface area contributed by atoms with Crippen molar-refractivity contribution < 1.29 is 0 Å². The molecular weight excluding hydrogens is 232 g/mol. The Hall–Kier alpha value is -0.710. The molecule has 0 unspecified atom stereocenters. The average molecular weight is 243 g/mol. The summed E-state index contributed by atoms with van der Waals surface area (Å²) in [6, 6.07) is 0. The molecule has 0 radical (unpaired) electrons. The molecule has 13 heavy (non-hydrogen) atoms. The zero-order valence-electron chi connectivity index (χ0n) is 7.28. The van der Waals surface area contributed by atoms with Gasteiger partial charge in [0.05, 0.1) is 6.20 Å². The summed E-state index contributed by atoms with van der Waals surface area (Å²) in [5.41, 5.74) is 0. The van der Waals surface area contributed by atoms with E-state index in [4.69, 9.17) is 0 Å². The van der Waals surface area contributed by atoms with Crippen LogP contribution in [0, 0.1) is 0 Å². The van der Waals surface area contributed by atoms with Crippen molar-refractivity contribution in [3.63, 3.8) is 0 Å². The van der Waals surface area contributed by atoms with Crippen LogP contribution in [0.5, 0.6) is 0 Å². The lowest BCUT2D eigenvalue weighted by atomic mass is 10.1. The number of hydrogen-bond acceptors (Lipinski definition) is 4. The van der Waals surface area contributed by atoms with Crippen molar-refractivity contribution in [1.29, 1.82) is 0 Å². The van der Waals surface area contributed by atoms with E-state index in [2.05, 4.69) is 36.0 Å². The number of rotatable bonds is 1. The van der Waals surface area contributed by atoms with Gasteiger partial charge in [0, 0.05) is 13.1 Å². The van der Waals surface area contributed by atoms with Crippen molar-refractivity contribution in [3.8, 4) is 0 Å². The third-order valence-corrected chi connectivity index (χ3v) is 2.52. The zero-order chi connectivity index (χ0) is 9.10. The summed E-state index contributed by atoms with van der Waals surface area (Å²) in [5.74, 6) is 0.753. The molecule has 1 aliphatic rings. The number of piperidine rings is 1. The summed E-state index contributed by atoms with van der Waals surface area (Å²) in [4.78, 5) is 6.39. The van der Waals surface area contributed by atoms with Gasteiger partial charge in [-0.25, -0.2) is 4.98 Å². The number of hydrogen-bond donors (Lipinski definition) is 0. The first kappa shape index (κ1) is 8.87. The minimum absolute atomic E-state index is 0.688. The van der Waals surface area contributed by atoms with Crippen LogP contribution in [0.4, 0.5) is 5.95 Å². The average Bonchev–Trinajstić information content (AvgIpc) is 2.20. The van der Waals surface area contributed by atoms with Gasteiger partial charge in [0.15, 0.2) is 0 Å². The van der Waals surface area contributed by atoms with Crippen molar-refractivity contribution in [2.75, 3.05) is 18.0 Å². The van der Waals surface area contributed by atoms with Crippen LogP contribution < -0.4 is 4.90 Å². The van der Waals surface area contributed by atoms with Crippen molar-refractivity contribution >= 4 is 21.9 Å². The van der Waals surface area contributed by atoms with E-state index in [0.29, 0.717) is 4.60 Å². The molecule has 1 aromatic heterocycles. The van der Waals surface area contributed by atoms with Crippen molar-refractivity contribution in [2.45, 2.75) is 19.3 Å². The number of aromatic nitrogens is 3. The predicted molar refractivity (Wildman–Crippen MR) is 53.6 cm³/mol. The molecule has 1 aliphatic heterocycles.